The Morgan fingerprint density at radius 2 is 2.19 bits per heavy atom. The standard InChI is InChI=1S/C16H25N3S2/c1-5-17-11-14-15(12(2)3)18-16(21-14)19(4)9-8-13-7-6-10-20-13/h6-7,10,12,17H,5,8-9,11H2,1-4H3. The first kappa shape index (κ1) is 16.5. The number of aromatic nitrogens is 1. The summed E-state index contributed by atoms with van der Waals surface area (Å²) in [6, 6.07) is 4.32. The van der Waals surface area contributed by atoms with Crippen LogP contribution in [0, 0.1) is 0 Å². The lowest BCUT2D eigenvalue weighted by Crippen LogP contribution is -2.19. The molecule has 3 nitrogen and oxygen atoms in total. The number of nitrogens with one attached hydrogen (secondary N) is 1. The fourth-order valence-electron chi connectivity index (χ4n) is 2.16. The van der Waals surface area contributed by atoms with Crippen molar-refractivity contribution >= 4 is 27.8 Å². The van der Waals surface area contributed by atoms with Gasteiger partial charge in [0.25, 0.3) is 0 Å². The van der Waals surface area contributed by atoms with Crippen molar-refractivity contribution < 1.29 is 0 Å². The SMILES string of the molecule is CCNCc1sc(N(C)CCc2cccs2)nc1C(C)C. The van der Waals surface area contributed by atoms with Gasteiger partial charge < -0.3 is 10.2 Å². The van der Waals surface area contributed by atoms with Gasteiger partial charge in [0.15, 0.2) is 5.13 Å². The van der Waals surface area contributed by atoms with E-state index >= 15 is 0 Å². The fraction of sp³-hybridized carbons (Fsp3) is 0.562. The minimum atomic E-state index is 0.481. The number of hydrogen-bond acceptors (Lipinski definition) is 5. The maximum absolute atomic E-state index is 4.87. The van der Waals surface area contributed by atoms with Gasteiger partial charge in [0, 0.05) is 29.9 Å². The summed E-state index contributed by atoms with van der Waals surface area (Å²) in [6.45, 7) is 9.54. The van der Waals surface area contributed by atoms with Gasteiger partial charge in [-0.1, -0.05) is 26.8 Å². The molecule has 0 saturated heterocycles. The molecule has 0 aliphatic heterocycles. The molecule has 0 saturated carbocycles. The molecule has 0 unspecified atom stereocenters. The molecule has 0 aromatic carbocycles. The zero-order valence-electron chi connectivity index (χ0n) is 13.3. The van der Waals surface area contributed by atoms with Crippen molar-refractivity contribution in [2.24, 2.45) is 0 Å². The minimum absolute atomic E-state index is 0.481. The molecule has 0 amide bonds. The zero-order valence-corrected chi connectivity index (χ0v) is 15.0. The van der Waals surface area contributed by atoms with Gasteiger partial charge in [0.1, 0.15) is 0 Å². The highest BCUT2D eigenvalue weighted by atomic mass is 32.1. The molecule has 2 heterocycles. The number of thiazole rings is 1. The van der Waals surface area contributed by atoms with Gasteiger partial charge in [-0.05, 0) is 30.3 Å². The quantitative estimate of drug-likeness (QED) is 0.792. The van der Waals surface area contributed by atoms with E-state index in [1.165, 1.54) is 15.4 Å². The molecule has 0 atom stereocenters. The molecule has 21 heavy (non-hydrogen) atoms. The van der Waals surface area contributed by atoms with Crippen LogP contribution in [0.4, 0.5) is 5.13 Å². The second-order valence-corrected chi connectivity index (χ2v) is 7.59. The van der Waals surface area contributed by atoms with Crippen LogP contribution in [0.5, 0.6) is 0 Å². The van der Waals surface area contributed by atoms with Crippen molar-refractivity contribution in [3.8, 4) is 0 Å². The number of rotatable bonds is 8. The van der Waals surface area contributed by atoms with Crippen LogP contribution in [0.3, 0.4) is 0 Å². The summed E-state index contributed by atoms with van der Waals surface area (Å²) in [5, 5.41) is 6.70. The largest absolute Gasteiger partial charge is 0.351 e. The highest BCUT2D eigenvalue weighted by Crippen LogP contribution is 2.30. The summed E-state index contributed by atoms with van der Waals surface area (Å²) < 4.78 is 0. The van der Waals surface area contributed by atoms with Crippen molar-refractivity contribution in [3.63, 3.8) is 0 Å². The topological polar surface area (TPSA) is 28.2 Å². The van der Waals surface area contributed by atoms with Crippen molar-refractivity contribution in [1.82, 2.24) is 10.3 Å². The minimum Gasteiger partial charge on any atom is -0.351 e. The number of nitrogens with zero attached hydrogens (tertiary/aromatic N) is 2. The maximum Gasteiger partial charge on any atom is 0.185 e. The van der Waals surface area contributed by atoms with E-state index in [1.54, 1.807) is 0 Å². The number of likely N-dealkylation sites (N-methyl/N-ethyl adjacent to an activating group) is 1. The molecule has 2 aromatic rings. The number of hydrogen-bond donors (Lipinski definition) is 1. The van der Waals surface area contributed by atoms with Gasteiger partial charge >= 0.3 is 0 Å². The van der Waals surface area contributed by atoms with Crippen molar-refractivity contribution in [2.45, 2.75) is 39.7 Å². The first-order chi connectivity index (χ1) is 10.1. The van der Waals surface area contributed by atoms with Gasteiger partial charge in [0.2, 0.25) is 0 Å². The Morgan fingerprint density at radius 1 is 1.38 bits per heavy atom. The predicted molar refractivity (Wildman–Crippen MR) is 94.9 cm³/mol. The van der Waals surface area contributed by atoms with Gasteiger partial charge in [-0.3, -0.25) is 0 Å². The Morgan fingerprint density at radius 3 is 2.81 bits per heavy atom. The lowest BCUT2D eigenvalue weighted by Gasteiger charge is -2.14. The van der Waals surface area contributed by atoms with Gasteiger partial charge in [-0.15, -0.1) is 22.7 Å². The second kappa shape index (κ2) is 7.92. The van der Waals surface area contributed by atoms with Crippen LogP contribution < -0.4 is 10.2 Å². The molecule has 0 aliphatic carbocycles. The van der Waals surface area contributed by atoms with E-state index in [2.05, 4.69) is 55.5 Å². The summed E-state index contributed by atoms with van der Waals surface area (Å²) in [4.78, 5) is 9.97. The van der Waals surface area contributed by atoms with Gasteiger partial charge in [-0.25, -0.2) is 4.98 Å². The third kappa shape index (κ3) is 4.53. The van der Waals surface area contributed by atoms with Crippen LogP contribution in [0.2, 0.25) is 0 Å². The molecule has 1 N–H and O–H groups in total. The fourth-order valence-corrected chi connectivity index (χ4v) is 4.03. The Balaban J connectivity index is 2.03. The van der Waals surface area contributed by atoms with Crippen LogP contribution in [0.1, 0.15) is 42.1 Å². The van der Waals surface area contributed by atoms with Crippen molar-refractivity contribution in [1.29, 1.82) is 0 Å². The van der Waals surface area contributed by atoms with E-state index in [0.29, 0.717) is 5.92 Å². The first-order valence-corrected chi connectivity index (χ1v) is 9.25. The summed E-state index contributed by atoms with van der Waals surface area (Å²) in [5.41, 5.74) is 1.25. The number of anilines is 1. The van der Waals surface area contributed by atoms with E-state index in [4.69, 9.17) is 4.98 Å². The van der Waals surface area contributed by atoms with Gasteiger partial charge in [-0.2, -0.15) is 0 Å². The predicted octanol–water partition coefficient (Wildman–Crippen LogP) is 4.12. The Hall–Kier alpha value is -0.910. The second-order valence-electron chi connectivity index (χ2n) is 5.49. The molecule has 0 spiro atoms. The molecule has 0 radical (unpaired) electrons. The molecule has 5 heteroatoms. The highest BCUT2D eigenvalue weighted by molar-refractivity contribution is 7.15. The molecular formula is C16H25N3S2. The molecule has 0 bridgehead atoms. The van der Waals surface area contributed by atoms with Crippen LogP contribution in [-0.2, 0) is 13.0 Å². The van der Waals surface area contributed by atoms with E-state index in [9.17, 15) is 0 Å². The third-order valence-electron chi connectivity index (χ3n) is 3.40. The van der Waals surface area contributed by atoms with Crippen LogP contribution >= 0.6 is 22.7 Å². The smallest absolute Gasteiger partial charge is 0.185 e. The molecular weight excluding hydrogens is 298 g/mol. The van der Waals surface area contributed by atoms with E-state index < -0.39 is 0 Å². The monoisotopic (exact) mass is 323 g/mol. The zero-order chi connectivity index (χ0) is 15.2. The van der Waals surface area contributed by atoms with Crippen LogP contribution in [0.15, 0.2) is 17.5 Å². The molecule has 0 fully saturated rings. The third-order valence-corrected chi connectivity index (χ3v) is 5.52. The highest BCUT2D eigenvalue weighted by Gasteiger charge is 2.16. The molecule has 0 aliphatic rings. The summed E-state index contributed by atoms with van der Waals surface area (Å²) in [5.74, 6) is 0.481. The average Bonchev–Trinajstić information content (AvgIpc) is 3.11. The molecule has 116 valence electrons. The Kier molecular flexibility index (Phi) is 6.21. The first-order valence-electron chi connectivity index (χ1n) is 7.55. The maximum atomic E-state index is 4.87. The van der Waals surface area contributed by atoms with Crippen molar-refractivity contribution in [2.75, 3.05) is 25.0 Å². The molecule has 2 aromatic heterocycles. The molecule has 2 rings (SSSR count). The van der Waals surface area contributed by atoms with Crippen LogP contribution in [-0.4, -0.2) is 25.1 Å². The summed E-state index contributed by atoms with van der Waals surface area (Å²) >= 11 is 3.66. The van der Waals surface area contributed by atoms with E-state index in [-0.39, 0.29) is 0 Å². The lowest BCUT2D eigenvalue weighted by molar-refractivity contribution is 0.713. The van der Waals surface area contributed by atoms with Gasteiger partial charge in [0.05, 0.1) is 5.69 Å². The Bertz CT molecular complexity index is 532. The van der Waals surface area contributed by atoms with Crippen LogP contribution in [0.25, 0.3) is 0 Å². The summed E-state index contributed by atoms with van der Waals surface area (Å²) in [6.07, 6.45) is 1.09. The van der Waals surface area contributed by atoms with E-state index in [1.807, 2.05) is 22.7 Å². The number of thiophene rings is 1. The summed E-state index contributed by atoms with van der Waals surface area (Å²) in [7, 11) is 2.15. The normalized spacial score (nSPS) is 11.3. The lowest BCUT2D eigenvalue weighted by atomic mass is 10.1. The average molecular weight is 324 g/mol. The van der Waals surface area contributed by atoms with Crippen molar-refractivity contribution in [3.05, 3.63) is 33.0 Å². The van der Waals surface area contributed by atoms with E-state index in [0.717, 1.165) is 31.2 Å². The Labute approximate surface area is 136 Å².